The van der Waals surface area contributed by atoms with Crippen LogP contribution in [0.4, 0.5) is 0 Å². The molecule has 20 heavy (non-hydrogen) atoms. The third kappa shape index (κ3) is 5.34. The Bertz CT molecular complexity index is 277. The lowest BCUT2D eigenvalue weighted by molar-refractivity contribution is 0.0772. The molecule has 0 atom stereocenters. The highest BCUT2D eigenvalue weighted by Crippen LogP contribution is 2.21. The maximum Gasteiger partial charge on any atom is 0.0257 e. The average molecular weight is 281 g/mol. The summed E-state index contributed by atoms with van der Waals surface area (Å²) in [5.74, 6) is 0. The summed E-state index contributed by atoms with van der Waals surface area (Å²) >= 11 is 0. The lowest BCUT2D eigenvalue weighted by atomic mass is 9.91. The summed E-state index contributed by atoms with van der Waals surface area (Å²) in [5, 5.41) is 7.51. The summed E-state index contributed by atoms with van der Waals surface area (Å²) < 4.78 is 0. The van der Waals surface area contributed by atoms with Crippen molar-refractivity contribution in [2.75, 3.05) is 26.2 Å². The highest BCUT2D eigenvalue weighted by Gasteiger charge is 2.35. The first-order valence-corrected chi connectivity index (χ1v) is 8.61. The Balaban J connectivity index is 1.65. The summed E-state index contributed by atoms with van der Waals surface area (Å²) in [6.45, 7) is 14.0. The van der Waals surface area contributed by atoms with Crippen molar-refractivity contribution in [2.45, 2.75) is 83.3 Å². The topological polar surface area (TPSA) is 27.3 Å². The molecule has 0 spiro atoms. The largest absolute Gasteiger partial charge is 0.314 e. The van der Waals surface area contributed by atoms with Gasteiger partial charge >= 0.3 is 0 Å². The molecule has 3 heteroatoms. The monoisotopic (exact) mass is 281 g/mol. The Morgan fingerprint density at radius 3 is 2.20 bits per heavy atom. The van der Waals surface area contributed by atoms with Crippen LogP contribution in [0.15, 0.2) is 0 Å². The van der Waals surface area contributed by atoms with Gasteiger partial charge in [0.2, 0.25) is 0 Å². The fourth-order valence-electron chi connectivity index (χ4n) is 4.24. The van der Waals surface area contributed by atoms with E-state index >= 15 is 0 Å². The van der Waals surface area contributed by atoms with Crippen molar-refractivity contribution in [3.8, 4) is 0 Å². The minimum atomic E-state index is 0.235. The van der Waals surface area contributed by atoms with Crippen molar-refractivity contribution in [2.24, 2.45) is 0 Å². The molecule has 118 valence electrons. The third-order valence-electron chi connectivity index (χ3n) is 4.60. The summed E-state index contributed by atoms with van der Waals surface area (Å²) in [5.41, 5.74) is 0.469. The van der Waals surface area contributed by atoms with Crippen LogP contribution in [-0.4, -0.2) is 48.2 Å². The molecule has 1 aliphatic heterocycles. The minimum Gasteiger partial charge on any atom is -0.314 e. The second-order valence-corrected chi connectivity index (χ2v) is 8.25. The number of nitrogens with one attached hydrogen (secondary N) is 2. The molecule has 0 bridgehead atoms. The van der Waals surface area contributed by atoms with E-state index in [1.54, 1.807) is 0 Å². The van der Waals surface area contributed by atoms with Crippen LogP contribution in [0.1, 0.15) is 66.2 Å². The van der Waals surface area contributed by atoms with E-state index in [4.69, 9.17) is 0 Å². The molecular weight excluding hydrogens is 246 g/mol. The zero-order valence-electron chi connectivity index (χ0n) is 14.1. The van der Waals surface area contributed by atoms with E-state index in [2.05, 4.69) is 43.2 Å². The molecule has 0 radical (unpaired) electrons. The van der Waals surface area contributed by atoms with Crippen LogP contribution >= 0.6 is 0 Å². The third-order valence-corrected chi connectivity index (χ3v) is 4.60. The summed E-state index contributed by atoms with van der Waals surface area (Å²) in [4.78, 5) is 2.64. The molecule has 0 aromatic heterocycles. The van der Waals surface area contributed by atoms with Crippen LogP contribution in [-0.2, 0) is 0 Å². The molecule has 2 rings (SSSR count). The number of rotatable bonds is 5. The molecule has 2 aliphatic rings. The van der Waals surface area contributed by atoms with E-state index < -0.39 is 0 Å². The fraction of sp³-hybridized carbons (Fsp3) is 1.00. The van der Waals surface area contributed by atoms with E-state index in [1.165, 1.54) is 64.7 Å². The molecule has 2 fully saturated rings. The summed E-state index contributed by atoms with van der Waals surface area (Å²) in [6, 6.07) is 0.805. The lowest BCUT2D eigenvalue weighted by Crippen LogP contribution is -2.66. The smallest absolute Gasteiger partial charge is 0.0257 e. The number of piperazine rings is 1. The second kappa shape index (κ2) is 6.76. The van der Waals surface area contributed by atoms with Gasteiger partial charge in [-0.05, 0) is 60.0 Å². The maximum absolute atomic E-state index is 3.76. The van der Waals surface area contributed by atoms with Crippen LogP contribution in [0, 0.1) is 0 Å². The van der Waals surface area contributed by atoms with Gasteiger partial charge in [0.25, 0.3) is 0 Å². The molecule has 1 aliphatic carbocycles. The quantitative estimate of drug-likeness (QED) is 0.759. The van der Waals surface area contributed by atoms with Gasteiger partial charge in [-0.25, -0.2) is 0 Å². The number of nitrogens with zero attached hydrogens (tertiary/aromatic N) is 1. The Morgan fingerprint density at radius 2 is 1.60 bits per heavy atom. The van der Waals surface area contributed by atoms with Crippen molar-refractivity contribution in [1.29, 1.82) is 0 Å². The first kappa shape index (κ1) is 16.3. The first-order chi connectivity index (χ1) is 9.36. The molecule has 0 aromatic carbocycles. The van der Waals surface area contributed by atoms with Crippen LogP contribution in [0.5, 0.6) is 0 Å². The Hall–Kier alpha value is -0.120. The summed E-state index contributed by atoms with van der Waals surface area (Å²) in [6.07, 6.45) is 8.38. The zero-order valence-corrected chi connectivity index (χ0v) is 14.1. The highest BCUT2D eigenvalue weighted by atomic mass is 15.3. The van der Waals surface area contributed by atoms with E-state index in [9.17, 15) is 0 Å². The molecule has 0 amide bonds. The van der Waals surface area contributed by atoms with Crippen molar-refractivity contribution in [3.05, 3.63) is 0 Å². The standard InChI is InChI=1S/C17H35N3/c1-16(2)13-20(14-17(3,4)19-16)12-8-11-18-15-9-6-5-7-10-15/h15,18-19H,5-14H2,1-4H3. The molecule has 0 unspecified atom stereocenters. The van der Waals surface area contributed by atoms with Crippen LogP contribution in [0.2, 0.25) is 0 Å². The Kier molecular flexibility index (Phi) is 5.49. The maximum atomic E-state index is 3.76. The number of hydrogen-bond donors (Lipinski definition) is 2. The zero-order chi connectivity index (χ0) is 14.6. The van der Waals surface area contributed by atoms with Crippen LogP contribution < -0.4 is 10.6 Å². The number of hydrogen-bond acceptors (Lipinski definition) is 3. The van der Waals surface area contributed by atoms with Crippen LogP contribution in [0.3, 0.4) is 0 Å². The van der Waals surface area contributed by atoms with Gasteiger partial charge in [-0.3, -0.25) is 4.90 Å². The van der Waals surface area contributed by atoms with Crippen LogP contribution in [0.25, 0.3) is 0 Å². The van der Waals surface area contributed by atoms with Crippen molar-refractivity contribution < 1.29 is 0 Å². The molecule has 2 N–H and O–H groups in total. The van der Waals surface area contributed by atoms with Crippen molar-refractivity contribution >= 4 is 0 Å². The van der Waals surface area contributed by atoms with Gasteiger partial charge in [-0.1, -0.05) is 19.3 Å². The van der Waals surface area contributed by atoms with Gasteiger partial charge in [0.15, 0.2) is 0 Å². The lowest BCUT2D eigenvalue weighted by Gasteiger charge is -2.48. The van der Waals surface area contributed by atoms with Gasteiger partial charge in [-0.15, -0.1) is 0 Å². The van der Waals surface area contributed by atoms with E-state index in [1.807, 2.05) is 0 Å². The summed E-state index contributed by atoms with van der Waals surface area (Å²) in [7, 11) is 0. The predicted octanol–water partition coefficient (Wildman–Crippen LogP) is 2.76. The molecule has 1 saturated carbocycles. The molecular formula is C17H35N3. The first-order valence-electron chi connectivity index (χ1n) is 8.61. The minimum absolute atomic E-state index is 0.235. The highest BCUT2D eigenvalue weighted by molar-refractivity contribution is 4.97. The van der Waals surface area contributed by atoms with Crippen molar-refractivity contribution in [1.82, 2.24) is 15.5 Å². The normalized spacial score (nSPS) is 27.6. The van der Waals surface area contributed by atoms with Gasteiger partial charge in [0, 0.05) is 30.2 Å². The SMILES string of the molecule is CC1(C)CN(CCCNC2CCCCC2)CC(C)(C)N1. The van der Waals surface area contributed by atoms with Gasteiger partial charge in [-0.2, -0.15) is 0 Å². The van der Waals surface area contributed by atoms with Crippen molar-refractivity contribution in [3.63, 3.8) is 0 Å². The van der Waals surface area contributed by atoms with E-state index in [0.717, 1.165) is 6.04 Å². The van der Waals surface area contributed by atoms with Gasteiger partial charge in [0.05, 0.1) is 0 Å². The Labute approximate surface area is 125 Å². The van der Waals surface area contributed by atoms with E-state index in [0.29, 0.717) is 0 Å². The predicted molar refractivity (Wildman–Crippen MR) is 87.2 cm³/mol. The molecule has 0 aromatic rings. The fourth-order valence-corrected chi connectivity index (χ4v) is 4.24. The second-order valence-electron chi connectivity index (χ2n) is 8.25. The Morgan fingerprint density at radius 1 is 1.00 bits per heavy atom. The molecule has 1 heterocycles. The van der Waals surface area contributed by atoms with Gasteiger partial charge < -0.3 is 10.6 Å². The molecule has 3 nitrogen and oxygen atoms in total. The van der Waals surface area contributed by atoms with Gasteiger partial charge in [0.1, 0.15) is 0 Å². The molecule has 1 saturated heterocycles. The average Bonchev–Trinajstić information content (AvgIpc) is 2.32. The van der Waals surface area contributed by atoms with E-state index in [-0.39, 0.29) is 11.1 Å².